The van der Waals surface area contributed by atoms with Crippen molar-refractivity contribution in [3.05, 3.63) is 168 Å². The average molecular weight is 889 g/mol. The molecule has 0 N–H and O–H groups in total. The summed E-state index contributed by atoms with van der Waals surface area (Å²) in [4.78, 5) is 0. The van der Waals surface area contributed by atoms with Gasteiger partial charge in [0.05, 0.1) is 79.3 Å². The fourth-order valence-electron chi connectivity index (χ4n) is 8.30. The molecule has 0 saturated carbocycles. The van der Waals surface area contributed by atoms with Crippen LogP contribution in [-0.2, 0) is 54.8 Å². The topological polar surface area (TPSA) is 92.3 Å². The normalized spacial score (nSPS) is 15.2. The van der Waals surface area contributed by atoms with Gasteiger partial charge in [0.25, 0.3) is 0 Å². The summed E-state index contributed by atoms with van der Waals surface area (Å²) in [5, 5.41) is 9.59. The van der Waals surface area contributed by atoms with Gasteiger partial charge in [-0.25, -0.2) is 0 Å². The molecule has 9 rings (SSSR count). The fraction of sp³-hybridized carbons (Fsp3) is 0.286. The number of hydrogen-bond donors (Lipinski definition) is 0. The minimum Gasteiger partial charge on any atom is -0.487 e. The number of benzene rings is 8. The summed E-state index contributed by atoms with van der Waals surface area (Å²) >= 11 is 0. The Balaban J connectivity index is 0.775. The zero-order valence-corrected chi connectivity index (χ0v) is 37.3. The molecular weight excluding hydrogens is 833 g/mol. The molecule has 1 heterocycles. The van der Waals surface area contributed by atoms with E-state index in [9.17, 15) is 0 Å². The predicted molar refractivity (Wildman–Crippen MR) is 258 cm³/mol. The Bertz CT molecular complexity index is 2520. The monoisotopic (exact) mass is 888 g/mol. The molecule has 1 aliphatic rings. The Morgan fingerprint density at radius 1 is 0.288 bits per heavy atom. The van der Waals surface area contributed by atoms with Crippen molar-refractivity contribution >= 4 is 43.1 Å². The summed E-state index contributed by atoms with van der Waals surface area (Å²) in [5.74, 6) is 2.50. The number of rotatable bonds is 8. The van der Waals surface area contributed by atoms with Crippen LogP contribution in [0.5, 0.6) is 23.0 Å². The first-order valence-electron chi connectivity index (χ1n) is 22.8. The molecule has 0 bridgehead atoms. The van der Waals surface area contributed by atoms with E-state index in [1.54, 1.807) is 0 Å². The molecular formula is C56H56O10. The van der Waals surface area contributed by atoms with Crippen LogP contribution in [0, 0.1) is 0 Å². The molecule has 1 aliphatic heterocycles. The van der Waals surface area contributed by atoms with E-state index in [1.807, 2.05) is 36.4 Å². The maximum absolute atomic E-state index is 6.36. The predicted octanol–water partition coefficient (Wildman–Crippen LogP) is 11.0. The van der Waals surface area contributed by atoms with Crippen molar-refractivity contribution in [1.82, 2.24) is 0 Å². The van der Waals surface area contributed by atoms with Crippen molar-refractivity contribution in [2.24, 2.45) is 0 Å². The molecule has 0 unspecified atom stereocenters. The van der Waals surface area contributed by atoms with Gasteiger partial charge >= 0.3 is 0 Å². The largest absolute Gasteiger partial charge is 0.487 e. The van der Waals surface area contributed by atoms with E-state index in [4.69, 9.17) is 47.4 Å². The molecule has 8 aromatic carbocycles. The van der Waals surface area contributed by atoms with Gasteiger partial charge in [-0.3, -0.25) is 0 Å². The van der Waals surface area contributed by atoms with Gasteiger partial charge in [-0.2, -0.15) is 0 Å². The molecule has 0 atom stereocenters. The van der Waals surface area contributed by atoms with Crippen LogP contribution in [-0.4, -0.2) is 79.3 Å². The molecule has 0 aromatic heterocycles. The summed E-state index contributed by atoms with van der Waals surface area (Å²) in [5.41, 5.74) is 4.31. The van der Waals surface area contributed by atoms with Crippen LogP contribution in [0.1, 0.15) is 22.3 Å². The SMILES string of the molecule is c1ccc2c(COCc3ccc4c(c3)OCCOCCOCCOc3cc(COCc5c6ccccc6cc6ccccc56)ccc3OCCOCCOCCO4)c3ccccc3cc2c1. The molecule has 0 spiro atoms. The van der Waals surface area contributed by atoms with Gasteiger partial charge in [0.2, 0.25) is 0 Å². The maximum Gasteiger partial charge on any atom is 0.161 e. The lowest BCUT2D eigenvalue weighted by Gasteiger charge is -2.16. The van der Waals surface area contributed by atoms with E-state index < -0.39 is 0 Å². The molecule has 10 heteroatoms. The summed E-state index contributed by atoms with van der Waals surface area (Å²) in [6.45, 7) is 6.33. The minimum absolute atomic E-state index is 0.334. The second kappa shape index (κ2) is 23.3. The minimum atomic E-state index is 0.334. The van der Waals surface area contributed by atoms with Gasteiger partial charge < -0.3 is 47.4 Å². The quantitative estimate of drug-likeness (QED) is 0.137. The van der Waals surface area contributed by atoms with Gasteiger partial charge in [-0.05, 0) is 102 Å². The highest BCUT2D eigenvalue weighted by Crippen LogP contribution is 2.33. The lowest BCUT2D eigenvalue weighted by Crippen LogP contribution is -2.15. The van der Waals surface area contributed by atoms with Crippen LogP contribution < -0.4 is 18.9 Å². The van der Waals surface area contributed by atoms with Crippen molar-refractivity contribution in [3.8, 4) is 23.0 Å². The van der Waals surface area contributed by atoms with E-state index in [2.05, 4.69) is 109 Å². The zero-order valence-electron chi connectivity index (χ0n) is 37.3. The molecule has 340 valence electrons. The average Bonchev–Trinajstić information content (AvgIpc) is 3.35. The summed E-state index contributed by atoms with van der Waals surface area (Å²) in [6.07, 6.45) is 0. The summed E-state index contributed by atoms with van der Waals surface area (Å²) < 4.78 is 60.8. The first-order chi connectivity index (χ1) is 32.8. The third kappa shape index (κ3) is 11.8. The fourth-order valence-corrected chi connectivity index (χ4v) is 8.30. The van der Waals surface area contributed by atoms with Crippen LogP contribution in [0.4, 0.5) is 0 Å². The second-order valence-electron chi connectivity index (χ2n) is 16.0. The Kier molecular flexibility index (Phi) is 15.9. The molecule has 0 aliphatic carbocycles. The molecule has 8 aromatic rings. The zero-order chi connectivity index (χ0) is 44.6. The van der Waals surface area contributed by atoms with Crippen LogP contribution >= 0.6 is 0 Å². The number of fused-ring (bicyclic) bond motifs is 6. The second-order valence-corrected chi connectivity index (χ2v) is 16.0. The van der Waals surface area contributed by atoms with Crippen molar-refractivity contribution < 1.29 is 47.4 Å². The van der Waals surface area contributed by atoms with Crippen LogP contribution in [0.3, 0.4) is 0 Å². The van der Waals surface area contributed by atoms with Crippen LogP contribution in [0.2, 0.25) is 0 Å². The highest BCUT2D eigenvalue weighted by Gasteiger charge is 2.13. The Morgan fingerprint density at radius 2 is 0.591 bits per heavy atom. The van der Waals surface area contributed by atoms with Gasteiger partial charge in [0.1, 0.15) is 26.4 Å². The molecule has 0 saturated heterocycles. The molecule has 0 fully saturated rings. The van der Waals surface area contributed by atoms with Crippen molar-refractivity contribution in [3.63, 3.8) is 0 Å². The van der Waals surface area contributed by atoms with Crippen molar-refractivity contribution in [2.45, 2.75) is 26.4 Å². The standard InChI is InChI=1S/C56H56O10/c1-5-13-47-43(9-1)35-44-10-2-6-14-48(44)51(47)39-61-37-41-17-19-53-55(33-41)65-31-27-59-23-24-60-28-32-66-56-34-42(18-20-54(56)64-30-26-58-22-21-57-25-29-63-53)38-62-40-52-49-15-7-3-11-45(49)36-46-12-4-8-16-50(46)52/h1-20,33-36H,21-32,37-40H2. The highest BCUT2D eigenvalue weighted by atomic mass is 16.6. The first kappa shape index (κ1) is 44.9. The molecule has 0 radical (unpaired) electrons. The Hall–Kier alpha value is -6.24. The van der Waals surface area contributed by atoms with Gasteiger partial charge in [-0.1, -0.05) is 109 Å². The summed E-state index contributed by atoms with van der Waals surface area (Å²) in [7, 11) is 0. The Labute approximate surface area is 385 Å². The third-order valence-corrected chi connectivity index (χ3v) is 11.5. The highest BCUT2D eigenvalue weighted by molar-refractivity contribution is 6.03. The van der Waals surface area contributed by atoms with Crippen molar-refractivity contribution in [2.75, 3.05) is 79.3 Å². The van der Waals surface area contributed by atoms with E-state index in [1.165, 1.54) is 54.2 Å². The van der Waals surface area contributed by atoms with Crippen LogP contribution in [0.25, 0.3) is 43.1 Å². The maximum atomic E-state index is 6.36. The molecule has 10 nitrogen and oxygen atoms in total. The van der Waals surface area contributed by atoms with E-state index in [0.717, 1.165) is 11.1 Å². The van der Waals surface area contributed by atoms with E-state index >= 15 is 0 Å². The summed E-state index contributed by atoms with van der Waals surface area (Å²) in [6, 6.07) is 50.1. The number of ether oxygens (including phenoxy) is 10. The van der Waals surface area contributed by atoms with Crippen molar-refractivity contribution in [1.29, 1.82) is 0 Å². The first-order valence-corrected chi connectivity index (χ1v) is 22.8. The smallest absolute Gasteiger partial charge is 0.161 e. The van der Waals surface area contributed by atoms with Gasteiger partial charge in [0.15, 0.2) is 23.0 Å². The van der Waals surface area contributed by atoms with E-state index in [0.29, 0.717) is 129 Å². The molecule has 0 amide bonds. The Morgan fingerprint density at radius 3 is 0.939 bits per heavy atom. The van der Waals surface area contributed by atoms with Gasteiger partial charge in [-0.15, -0.1) is 0 Å². The number of hydrogen-bond acceptors (Lipinski definition) is 10. The van der Waals surface area contributed by atoms with Crippen LogP contribution in [0.15, 0.2) is 146 Å². The third-order valence-electron chi connectivity index (χ3n) is 11.5. The van der Waals surface area contributed by atoms with Gasteiger partial charge in [0, 0.05) is 0 Å². The molecule has 66 heavy (non-hydrogen) atoms. The lowest BCUT2D eigenvalue weighted by atomic mass is 9.97. The lowest BCUT2D eigenvalue weighted by molar-refractivity contribution is 0.0223. The van der Waals surface area contributed by atoms with E-state index in [-0.39, 0.29) is 0 Å².